The van der Waals surface area contributed by atoms with E-state index in [-0.39, 0.29) is 10.6 Å². The number of carbonyl (C=O) groups excluding carboxylic acids is 2. The minimum Gasteiger partial charge on any atom is -0.492 e. The molecule has 0 radical (unpaired) electrons. The van der Waals surface area contributed by atoms with Crippen LogP contribution in [0.15, 0.2) is 23.1 Å². The maximum absolute atomic E-state index is 12.8. The number of hydrogen-bond acceptors (Lipinski definition) is 6. The first-order valence-electron chi connectivity index (χ1n) is 9.86. The molecule has 2 rings (SSSR count). The fourth-order valence-electron chi connectivity index (χ4n) is 3.06. The highest BCUT2D eigenvalue weighted by Gasteiger charge is 2.36. The number of nitrogens with zero attached hydrogens (tertiary/aromatic N) is 2. The number of rotatable bonds is 6. The normalized spacial score (nSPS) is 17.2. The molecule has 0 bridgehead atoms. The highest BCUT2D eigenvalue weighted by atomic mass is 32.2. The van der Waals surface area contributed by atoms with E-state index in [1.807, 2.05) is 0 Å². The number of nitrogens with one attached hydrogen (secondary N) is 1. The molecule has 1 aliphatic rings. The van der Waals surface area contributed by atoms with Gasteiger partial charge in [-0.1, -0.05) is 0 Å². The molecule has 9 nitrogen and oxygen atoms in total. The molecule has 0 unspecified atom stereocenters. The van der Waals surface area contributed by atoms with Crippen LogP contribution in [0.3, 0.4) is 0 Å². The van der Waals surface area contributed by atoms with Crippen molar-refractivity contribution in [2.24, 2.45) is 0 Å². The van der Waals surface area contributed by atoms with Crippen molar-refractivity contribution in [3.05, 3.63) is 18.2 Å². The Morgan fingerprint density at radius 2 is 1.93 bits per heavy atom. The van der Waals surface area contributed by atoms with Gasteiger partial charge in [-0.15, -0.1) is 0 Å². The summed E-state index contributed by atoms with van der Waals surface area (Å²) in [7, 11) is -0.931. The Kier molecular flexibility index (Phi) is 7.36. The van der Waals surface area contributed by atoms with E-state index in [1.54, 1.807) is 33.8 Å². The van der Waals surface area contributed by atoms with E-state index in [1.165, 1.54) is 31.1 Å². The number of ether oxygens (including phenoxy) is 2. The molecule has 0 spiro atoms. The molecule has 1 aromatic rings. The average Bonchev–Trinajstić information content (AvgIpc) is 3.11. The fourth-order valence-corrected chi connectivity index (χ4v) is 4.11. The largest absolute Gasteiger partial charge is 0.492 e. The molecular weight excluding hydrogens is 410 g/mol. The fraction of sp³-hybridized carbons (Fsp3) is 0.600. The Hall–Kier alpha value is -2.33. The Labute approximate surface area is 178 Å². The number of sulfonamides is 1. The van der Waals surface area contributed by atoms with E-state index in [4.69, 9.17) is 9.47 Å². The summed E-state index contributed by atoms with van der Waals surface area (Å²) in [6.45, 7) is 7.78. The highest BCUT2D eigenvalue weighted by molar-refractivity contribution is 7.89. The van der Waals surface area contributed by atoms with Crippen molar-refractivity contribution in [1.82, 2.24) is 9.21 Å². The van der Waals surface area contributed by atoms with Crippen LogP contribution in [-0.2, 0) is 19.6 Å². The van der Waals surface area contributed by atoms with Crippen LogP contribution in [0.5, 0.6) is 5.75 Å². The lowest BCUT2D eigenvalue weighted by molar-refractivity contribution is -0.120. The van der Waals surface area contributed by atoms with Crippen LogP contribution >= 0.6 is 0 Å². The van der Waals surface area contributed by atoms with Crippen molar-refractivity contribution in [1.29, 1.82) is 0 Å². The summed E-state index contributed by atoms with van der Waals surface area (Å²) in [6.07, 6.45) is 0.647. The molecule has 1 N–H and O–H groups in total. The summed E-state index contributed by atoms with van der Waals surface area (Å²) >= 11 is 0. The van der Waals surface area contributed by atoms with Crippen molar-refractivity contribution in [3.63, 3.8) is 0 Å². The van der Waals surface area contributed by atoms with Crippen molar-refractivity contribution in [2.45, 2.75) is 57.1 Å². The summed E-state index contributed by atoms with van der Waals surface area (Å²) in [5.74, 6) is -0.184. The zero-order valence-electron chi connectivity index (χ0n) is 18.4. The van der Waals surface area contributed by atoms with Crippen molar-refractivity contribution in [3.8, 4) is 5.75 Å². The van der Waals surface area contributed by atoms with Gasteiger partial charge in [-0.2, -0.15) is 0 Å². The van der Waals surface area contributed by atoms with Crippen molar-refractivity contribution < 1.29 is 27.5 Å². The Morgan fingerprint density at radius 3 is 2.50 bits per heavy atom. The monoisotopic (exact) mass is 441 g/mol. The second kappa shape index (κ2) is 9.22. The van der Waals surface area contributed by atoms with Crippen LogP contribution < -0.4 is 10.1 Å². The van der Waals surface area contributed by atoms with Gasteiger partial charge in [0.2, 0.25) is 15.9 Å². The lowest BCUT2D eigenvalue weighted by Crippen LogP contribution is -2.45. The lowest BCUT2D eigenvalue weighted by atomic mass is 10.2. The number of benzene rings is 1. The second-order valence-corrected chi connectivity index (χ2v) is 10.3. The number of carbonyl (C=O) groups is 2. The third-order valence-electron chi connectivity index (χ3n) is 4.45. The van der Waals surface area contributed by atoms with Crippen LogP contribution in [0.1, 0.15) is 40.5 Å². The highest BCUT2D eigenvalue weighted by Crippen LogP contribution is 2.30. The first-order chi connectivity index (χ1) is 13.9. The molecular formula is C20H31N3O6S. The van der Waals surface area contributed by atoms with Crippen LogP contribution in [-0.4, -0.2) is 68.5 Å². The van der Waals surface area contributed by atoms with E-state index in [0.717, 1.165) is 4.31 Å². The predicted molar refractivity (Wildman–Crippen MR) is 113 cm³/mol. The summed E-state index contributed by atoms with van der Waals surface area (Å²) in [4.78, 5) is 26.6. The third-order valence-corrected chi connectivity index (χ3v) is 6.29. The predicted octanol–water partition coefficient (Wildman–Crippen LogP) is 2.67. The maximum atomic E-state index is 12.8. The van der Waals surface area contributed by atoms with Gasteiger partial charge in [-0.25, -0.2) is 17.5 Å². The molecule has 1 heterocycles. The van der Waals surface area contributed by atoms with Gasteiger partial charge in [0.05, 0.1) is 6.61 Å². The molecule has 0 aliphatic carbocycles. The summed E-state index contributed by atoms with van der Waals surface area (Å²) in [5, 5.41) is 2.73. The molecule has 2 amide bonds. The number of amides is 2. The molecule has 1 aromatic carbocycles. The van der Waals surface area contributed by atoms with E-state index in [2.05, 4.69) is 5.32 Å². The van der Waals surface area contributed by atoms with Gasteiger partial charge >= 0.3 is 6.09 Å². The van der Waals surface area contributed by atoms with Crippen molar-refractivity contribution >= 4 is 27.7 Å². The first-order valence-corrected chi connectivity index (χ1v) is 11.3. The molecule has 168 valence electrons. The van der Waals surface area contributed by atoms with E-state index < -0.39 is 33.7 Å². The van der Waals surface area contributed by atoms with Gasteiger partial charge in [0, 0.05) is 26.3 Å². The smallest absolute Gasteiger partial charge is 0.410 e. The zero-order valence-corrected chi connectivity index (χ0v) is 19.2. The molecule has 0 saturated carbocycles. The van der Waals surface area contributed by atoms with Gasteiger partial charge in [-0.05, 0) is 58.7 Å². The Bertz CT molecular complexity index is 892. The van der Waals surface area contributed by atoms with E-state index in [0.29, 0.717) is 31.7 Å². The standard InChI is InChI=1S/C20H31N3O6S/c1-7-28-16-11-10-14(13-17(16)30(26,27)22(5)6)21-18(24)15-9-8-12-23(15)19(25)29-20(2,3)4/h10-11,13,15H,7-9,12H2,1-6H3,(H,21,24)/t15-/m0/s1. The molecule has 0 aromatic heterocycles. The van der Waals surface area contributed by atoms with Gasteiger partial charge in [0.1, 0.15) is 22.3 Å². The van der Waals surface area contributed by atoms with Crippen molar-refractivity contribution in [2.75, 3.05) is 32.6 Å². The van der Waals surface area contributed by atoms with Gasteiger partial charge in [0.15, 0.2) is 0 Å². The first kappa shape index (κ1) is 23.9. The minimum absolute atomic E-state index is 0.0393. The maximum Gasteiger partial charge on any atom is 0.410 e. The summed E-state index contributed by atoms with van der Waals surface area (Å²) in [6, 6.07) is 3.77. The van der Waals surface area contributed by atoms with Gasteiger partial charge in [0.25, 0.3) is 0 Å². The third kappa shape index (κ3) is 5.63. The quantitative estimate of drug-likeness (QED) is 0.728. The average molecular weight is 442 g/mol. The zero-order chi connectivity index (χ0) is 22.7. The SMILES string of the molecule is CCOc1ccc(NC(=O)[C@@H]2CCCN2C(=O)OC(C)(C)C)cc1S(=O)(=O)N(C)C. The van der Waals surface area contributed by atoms with Crippen LogP contribution in [0.4, 0.5) is 10.5 Å². The molecule has 1 aliphatic heterocycles. The Balaban J connectivity index is 2.25. The molecule has 30 heavy (non-hydrogen) atoms. The van der Waals surface area contributed by atoms with Gasteiger partial charge in [-0.3, -0.25) is 9.69 Å². The molecule has 1 saturated heterocycles. The number of anilines is 1. The van der Waals surface area contributed by atoms with Crippen LogP contribution in [0.2, 0.25) is 0 Å². The van der Waals surface area contributed by atoms with E-state index >= 15 is 0 Å². The minimum atomic E-state index is -3.78. The van der Waals surface area contributed by atoms with Gasteiger partial charge < -0.3 is 14.8 Å². The number of hydrogen-bond donors (Lipinski definition) is 1. The second-order valence-electron chi connectivity index (χ2n) is 8.20. The molecule has 10 heteroatoms. The molecule has 1 atom stereocenters. The lowest BCUT2D eigenvalue weighted by Gasteiger charge is -2.28. The number of likely N-dealkylation sites (tertiary alicyclic amines) is 1. The van der Waals surface area contributed by atoms with Crippen LogP contribution in [0, 0.1) is 0 Å². The topological polar surface area (TPSA) is 105 Å². The molecule has 1 fully saturated rings. The summed E-state index contributed by atoms with van der Waals surface area (Å²) in [5.41, 5.74) is -0.356. The van der Waals surface area contributed by atoms with Crippen LogP contribution in [0.25, 0.3) is 0 Å². The summed E-state index contributed by atoms with van der Waals surface area (Å²) < 4.78 is 37.2. The van der Waals surface area contributed by atoms with E-state index in [9.17, 15) is 18.0 Å². The Morgan fingerprint density at radius 1 is 1.27 bits per heavy atom.